The van der Waals surface area contributed by atoms with Crippen LogP contribution in [-0.4, -0.2) is 52.6 Å². The van der Waals surface area contributed by atoms with Crippen LogP contribution < -0.4 is 21.3 Å². The lowest BCUT2D eigenvalue weighted by atomic mass is 9.84. The normalized spacial score (nSPS) is 14.4. The van der Waals surface area contributed by atoms with Crippen LogP contribution >= 0.6 is 11.3 Å². The summed E-state index contributed by atoms with van der Waals surface area (Å²) in [7, 11) is 0. The Bertz CT molecular complexity index is 1060. The molecule has 0 saturated heterocycles. The van der Waals surface area contributed by atoms with Crippen LogP contribution in [0.5, 0.6) is 5.75 Å². The van der Waals surface area contributed by atoms with E-state index in [0.29, 0.717) is 24.3 Å². The summed E-state index contributed by atoms with van der Waals surface area (Å²) in [4.78, 5) is 42.1. The number of rotatable bonds is 12. The van der Waals surface area contributed by atoms with Crippen molar-refractivity contribution in [3.63, 3.8) is 0 Å². The summed E-state index contributed by atoms with van der Waals surface area (Å²) in [6.07, 6.45) is -0.583. The van der Waals surface area contributed by atoms with Gasteiger partial charge in [-0.3, -0.25) is 19.6 Å². The molecule has 202 valence electrons. The third-order valence-corrected chi connectivity index (χ3v) is 6.58. The summed E-state index contributed by atoms with van der Waals surface area (Å²) in [6, 6.07) is 10.0. The first-order valence-electron chi connectivity index (χ1n) is 12.0. The smallest absolute Gasteiger partial charge is 0.288 e. The topological polar surface area (TPSA) is 163 Å². The lowest BCUT2D eigenvalue weighted by molar-refractivity contribution is -0.146. The van der Waals surface area contributed by atoms with Crippen LogP contribution in [0.4, 0.5) is 0 Å². The molecule has 2 rings (SSSR count). The van der Waals surface area contributed by atoms with Crippen molar-refractivity contribution in [2.75, 3.05) is 6.61 Å². The summed E-state index contributed by atoms with van der Waals surface area (Å²) < 4.78 is 5.44. The van der Waals surface area contributed by atoms with Gasteiger partial charge in [-0.15, -0.1) is 11.3 Å². The third kappa shape index (κ3) is 8.96. The second-order valence-corrected chi connectivity index (χ2v) is 10.6. The Balaban J connectivity index is 2.17. The zero-order valence-electron chi connectivity index (χ0n) is 21.6. The van der Waals surface area contributed by atoms with Gasteiger partial charge < -0.3 is 20.9 Å². The molecule has 0 aliphatic heterocycles. The fourth-order valence-corrected chi connectivity index (χ4v) is 4.35. The predicted octanol–water partition coefficient (Wildman–Crippen LogP) is 2.68. The van der Waals surface area contributed by atoms with E-state index in [1.54, 1.807) is 17.5 Å². The highest BCUT2D eigenvalue weighted by molar-refractivity contribution is 7.12. The van der Waals surface area contributed by atoms with E-state index in [1.165, 1.54) is 16.8 Å². The summed E-state index contributed by atoms with van der Waals surface area (Å²) in [5.74, 6) is -2.78. The molecule has 3 atom stereocenters. The van der Waals surface area contributed by atoms with E-state index in [2.05, 4.69) is 10.3 Å². The van der Waals surface area contributed by atoms with E-state index < -0.39 is 41.2 Å². The van der Waals surface area contributed by atoms with Crippen LogP contribution in [0, 0.1) is 11.3 Å². The number of thiophene rings is 1. The standard InChI is InChI=1S/C26H36N4O6S/c1-5-36-17-13-11-16(12-14-17)8-6-9-18(20(31)25(34)30-35)23(32)28-21(26(2,3)4)22(27)29-24(33)19-10-7-15-37-19/h7,10-15,18,20-21,31,35H,5-6,8-9H2,1-4H3,(H,28,32)(H,30,34)(H2,27,29,33)/t18-,20+,21-/m1/s1. The predicted molar refractivity (Wildman–Crippen MR) is 142 cm³/mol. The molecule has 0 fully saturated rings. The summed E-state index contributed by atoms with van der Waals surface area (Å²) in [6.45, 7) is 7.90. The number of hydrogen-bond donors (Lipinski definition) is 5. The number of hydrogen-bond acceptors (Lipinski definition) is 7. The van der Waals surface area contributed by atoms with Gasteiger partial charge in [-0.05, 0) is 60.7 Å². The first kappa shape index (κ1) is 29.9. The van der Waals surface area contributed by atoms with Gasteiger partial charge in [0.25, 0.3) is 11.8 Å². The number of ether oxygens (including phenoxy) is 1. The molecule has 1 aromatic heterocycles. The van der Waals surface area contributed by atoms with E-state index in [4.69, 9.17) is 15.7 Å². The van der Waals surface area contributed by atoms with Crippen LogP contribution in [-0.2, 0) is 16.0 Å². The van der Waals surface area contributed by atoms with Gasteiger partial charge in [0.1, 0.15) is 17.7 Å². The Labute approximate surface area is 220 Å². The zero-order valence-corrected chi connectivity index (χ0v) is 22.4. The molecule has 3 amide bonds. The minimum Gasteiger partial charge on any atom is -0.494 e. The minimum atomic E-state index is -1.79. The van der Waals surface area contributed by atoms with Crippen LogP contribution in [0.25, 0.3) is 0 Å². The van der Waals surface area contributed by atoms with Crippen molar-refractivity contribution < 1.29 is 29.4 Å². The molecule has 0 bridgehead atoms. The molecule has 37 heavy (non-hydrogen) atoms. The van der Waals surface area contributed by atoms with Gasteiger partial charge in [0, 0.05) is 0 Å². The number of nitrogens with zero attached hydrogens (tertiary/aromatic N) is 1. The molecule has 10 nitrogen and oxygen atoms in total. The Morgan fingerprint density at radius 1 is 1.14 bits per heavy atom. The number of benzene rings is 1. The molecule has 0 radical (unpaired) electrons. The summed E-state index contributed by atoms with van der Waals surface area (Å²) in [5.41, 5.74) is 7.92. The lowest BCUT2D eigenvalue weighted by Gasteiger charge is -2.32. The molecule has 0 saturated carbocycles. The number of aliphatic hydroxyl groups is 1. The minimum absolute atomic E-state index is 0.0894. The van der Waals surface area contributed by atoms with Gasteiger partial charge in [0.2, 0.25) is 5.91 Å². The number of carbonyl (C=O) groups is 3. The molecule has 6 N–H and O–H groups in total. The number of aliphatic hydroxyl groups excluding tert-OH is 1. The van der Waals surface area contributed by atoms with Gasteiger partial charge in [0.05, 0.1) is 23.4 Å². The molecule has 0 aliphatic rings. The first-order chi connectivity index (χ1) is 17.5. The highest BCUT2D eigenvalue weighted by Gasteiger charge is 2.36. The molecule has 0 spiro atoms. The molecule has 0 unspecified atom stereocenters. The van der Waals surface area contributed by atoms with Crippen molar-refractivity contribution >= 4 is 34.9 Å². The summed E-state index contributed by atoms with van der Waals surface area (Å²) >= 11 is 1.22. The molecule has 1 aromatic carbocycles. The lowest BCUT2D eigenvalue weighted by Crippen LogP contribution is -2.55. The van der Waals surface area contributed by atoms with Crippen LogP contribution in [0.15, 0.2) is 46.8 Å². The van der Waals surface area contributed by atoms with E-state index in [-0.39, 0.29) is 12.3 Å². The Morgan fingerprint density at radius 2 is 1.81 bits per heavy atom. The second-order valence-electron chi connectivity index (χ2n) is 9.62. The average Bonchev–Trinajstić information content (AvgIpc) is 3.40. The van der Waals surface area contributed by atoms with Crippen LogP contribution in [0.2, 0.25) is 0 Å². The van der Waals surface area contributed by atoms with Crippen LogP contribution in [0.1, 0.15) is 55.8 Å². The van der Waals surface area contributed by atoms with Crippen molar-refractivity contribution in [1.29, 1.82) is 0 Å². The van der Waals surface area contributed by atoms with Gasteiger partial charge in [-0.25, -0.2) is 5.48 Å². The number of hydroxylamine groups is 1. The number of aryl methyl sites for hydroxylation is 1. The fraction of sp³-hybridized carbons (Fsp3) is 0.462. The third-order valence-electron chi connectivity index (χ3n) is 5.72. The number of aliphatic imine (C=N–C) groups is 1. The number of amidine groups is 1. The van der Waals surface area contributed by atoms with E-state index in [1.807, 2.05) is 52.0 Å². The summed E-state index contributed by atoms with van der Waals surface area (Å²) in [5, 5.41) is 24.0. The van der Waals surface area contributed by atoms with Crippen molar-refractivity contribution in [3.05, 3.63) is 52.2 Å². The number of amides is 3. The Morgan fingerprint density at radius 3 is 2.35 bits per heavy atom. The van der Waals surface area contributed by atoms with Gasteiger partial charge in [-0.1, -0.05) is 39.0 Å². The van der Waals surface area contributed by atoms with Crippen molar-refractivity contribution in [2.24, 2.45) is 22.1 Å². The monoisotopic (exact) mass is 532 g/mol. The molecule has 2 aromatic rings. The van der Waals surface area contributed by atoms with E-state index in [0.717, 1.165) is 11.3 Å². The molecular formula is C26H36N4O6S. The molecular weight excluding hydrogens is 496 g/mol. The Hall–Kier alpha value is -3.28. The van der Waals surface area contributed by atoms with Crippen molar-refractivity contribution in [2.45, 2.75) is 59.1 Å². The number of nitrogens with two attached hydrogens (primary N) is 1. The maximum atomic E-state index is 13.3. The SMILES string of the molecule is CCOc1ccc(CCC[C@@H](C(=O)N[C@H](C(N)=NC(=O)c2cccs2)C(C)(C)C)[C@H](O)C(=O)NO)cc1. The number of carbonyl (C=O) groups excluding carboxylic acids is 3. The quantitative estimate of drug-likeness (QED) is 0.121. The number of nitrogens with one attached hydrogen (secondary N) is 2. The van der Waals surface area contributed by atoms with E-state index in [9.17, 15) is 19.5 Å². The molecule has 0 aliphatic carbocycles. The molecule has 1 heterocycles. The van der Waals surface area contributed by atoms with Gasteiger partial charge in [-0.2, -0.15) is 4.99 Å². The van der Waals surface area contributed by atoms with Crippen LogP contribution in [0.3, 0.4) is 0 Å². The highest BCUT2D eigenvalue weighted by atomic mass is 32.1. The maximum Gasteiger partial charge on any atom is 0.288 e. The van der Waals surface area contributed by atoms with Gasteiger partial charge in [0.15, 0.2) is 0 Å². The average molecular weight is 533 g/mol. The van der Waals surface area contributed by atoms with Crippen molar-refractivity contribution in [1.82, 2.24) is 10.8 Å². The van der Waals surface area contributed by atoms with Crippen molar-refractivity contribution in [3.8, 4) is 5.75 Å². The zero-order chi connectivity index (χ0) is 27.6. The maximum absolute atomic E-state index is 13.3. The largest absolute Gasteiger partial charge is 0.494 e. The van der Waals surface area contributed by atoms with Gasteiger partial charge >= 0.3 is 0 Å². The highest BCUT2D eigenvalue weighted by Crippen LogP contribution is 2.23. The second kappa shape index (κ2) is 13.9. The Kier molecular flexibility index (Phi) is 11.2. The van der Waals surface area contributed by atoms with E-state index >= 15 is 0 Å². The molecule has 11 heteroatoms. The fourth-order valence-electron chi connectivity index (χ4n) is 3.75. The first-order valence-corrected chi connectivity index (χ1v) is 12.9.